The van der Waals surface area contributed by atoms with E-state index in [0.717, 1.165) is 47.2 Å². The lowest BCUT2D eigenvalue weighted by atomic mass is 9.77. The summed E-state index contributed by atoms with van der Waals surface area (Å²) in [6.07, 6.45) is 22.6. The minimum Gasteiger partial charge on any atom is -0.283 e. The number of benzene rings is 2. The molecule has 2 aromatic carbocycles. The summed E-state index contributed by atoms with van der Waals surface area (Å²) in [5, 5.41) is 8.56. The Morgan fingerprint density at radius 1 is 1.00 bits per heavy atom. The van der Waals surface area contributed by atoms with Crippen LogP contribution in [0.3, 0.4) is 0 Å². The maximum atomic E-state index is 8.56. The van der Waals surface area contributed by atoms with Gasteiger partial charge in [-0.3, -0.25) is 5.41 Å². The van der Waals surface area contributed by atoms with Gasteiger partial charge in [0.1, 0.15) is 5.84 Å². The zero-order valence-electron chi connectivity index (χ0n) is 24.8. The molecule has 2 aliphatic carbocycles. The molecule has 0 bridgehead atoms. The quantitative estimate of drug-likeness (QED) is 0.153. The van der Waals surface area contributed by atoms with Crippen LogP contribution in [0.25, 0.3) is 5.57 Å². The molecule has 2 aliphatic rings. The predicted octanol–water partition coefficient (Wildman–Crippen LogP) is 10.2. The molecule has 0 fully saturated rings. The van der Waals surface area contributed by atoms with E-state index >= 15 is 0 Å². The standard InChI is InChI=1S/C38H44N2/c1-7-8-14-28(3)37(39)40-36(26-20-30-15-10-9-11-16-30)32-23-21-31(22-24-32)27(2)19-25-33-29(4)38(5,6)35-18-13-12-17-34(33)35/h7-10,12-14,17-26,29-30,33,39H,2,11,15-16H2,1,3-6H3/b8-7-,25-19-,26-20+,28-14+,39-37?,40-36+/t29?,30-,33?/m1/s1. The van der Waals surface area contributed by atoms with Gasteiger partial charge in [-0.05, 0) is 84.3 Å². The normalized spacial score (nSPS) is 22.9. The number of rotatable bonds is 8. The molecular formula is C38H44N2. The second-order valence-corrected chi connectivity index (χ2v) is 11.7. The van der Waals surface area contributed by atoms with Crippen LogP contribution in [0, 0.1) is 17.2 Å². The van der Waals surface area contributed by atoms with Crippen molar-refractivity contribution in [2.24, 2.45) is 16.8 Å². The number of allylic oxidation sites excluding steroid dienone is 10. The molecule has 2 nitrogen and oxygen atoms in total. The zero-order valence-corrected chi connectivity index (χ0v) is 24.8. The first-order chi connectivity index (χ1) is 19.2. The number of nitrogens with one attached hydrogen (secondary N) is 1. The summed E-state index contributed by atoms with van der Waals surface area (Å²) < 4.78 is 0. The highest BCUT2D eigenvalue weighted by Gasteiger charge is 2.41. The van der Waals surface area contributed by atoms with Gasteiger partial charge in [-0.15, -0.1) is 0 Å². The SMILES string of the molecule is C=C(/C=C\C1c2ccccc2C(C)(C)C1C)c1ccc(C(/C=C/[C@@H]2CC=CCC2)=N/C(=N)/C(C)=C/C=C\C)cc1. The summed E-state index contributed by atoms with van der Waals surface area (Å²) in [6, 6.07) is 17.3. The van der Waals surface area contributed by atoms with Gasteiger partial charge in [-0.1, -0.05) is 124 Å². The first kappa shape index (κ1) is 29.2. The maximum absolute atomic E-state index is 8.56. The fourth-order valence-corrected chi connectivity index (χ4v) is 5.72. The monoisotopic (exact) mass is 528 g/mol. The third kappa shape index (κ3) is 6.67. The fourth-order valence-electron chi connectivity index (χ4n) is 5.72. The van der Waals surface area contributed by atoms with E-state index in [2.05, 4.69) is 112 Å². The lowest BCUT2D eigenvalue weighted by molar-refractivity contribution is 0.357. The minimum atomic E-state index is 0.153. The molecule has 40 heavy (non-hydrogen) atoms. The lowest BCUT2D eigenvalue weighted by Crippen LogP contribution is -2.22. The summed E-state index contributed by atoms with van der Waals surface area (Å²) >= 11 is 0. The van der Waals surface area contributed by atoms with Gasteiger partial charge < -0.3 is 0 Å². The van der Waals surface area contributed by atoms with E-state index in [9.17, 15) is 0 Å². The summed E-state index contributed by atoms with van der Waals surface area (Å²) in [6.45, 7) is 15.4. The highest BCUT2D eigenvalue weighted by molar-refractivity contribution is 6.16. The average molecular weight is 529 g/mol. The van der Waals surface area contributed by atoms with E-state index in [-0.39, 0.29) is 11.3 Å². The molecule has 0 aromatic heterocycles. The van der Waals surface area contributed by atoms with Gasteiger partial charge in [0.2, 0.25) is 0 Å². The van der Waals surface area contributed by atoms with Gasteiger partial charge in [0.05, 0.1) is 5.71 Å². The topological polar surface area (TPSA) is 36.2 Å². The molecule has 3 atom stereocenters. The van der Waals surface area contributed by atoms with Crippen molar-refractivity contribution in [2.45, 2.75) is 65.2 Å². The highest BCUT2D eigenvalue weighted by atomic mass is 14.8. The van der Waals surface area contributed by atoms with Gasteiger partial charge in [-0.25, -0.2) is 4.99 Å². The van der Waals surface area contributed by atoms with Gasteiger partial charge in [0.15, 0.2) is 0 Å². The van der Waals surface area contributed by atoms with Crippen molar-refractivity contribution in [1.82, 2.24) is 0 Å². The van der Waals surface area contributed by atoms with Crippen molar-refractivity contribution in [2.75, 3.05) is 0 Å². The maximum Gasteiger partial charge on any atom is 0.148 e. The van der Waals surface area contributed by atoms with Crippen LogP contribution in [-0.4, -0.2) is 11.5 Å². The third-order valence-corrected chi connectivity index (χ3v) is 8.73. The molecule has 0 aliphatic heterocycles. The summed E-state index contributed by atoms with van der Waals surface area (Å²) in [5.41, 5.74) is 7.80. The molecule has 0 saturated carbocycles. The largest absolute Gasteiger partial charge is 0.283 e. The van der Waals surface area contributed by atoms with Crippen LogP contribution >= 0.6 is 0 Å². The van der Waals surface area contributed by atoms with Gasteiger partial charge >= 0.3 is 0 Å². The number of fused-ring (bicyclic) bond motifs is 1. The fraction of sp³-hybridized carbons (Fsp3) is 0.316. The number of hydrogen-bond acceptors (Lipinski definition) is 1. The van der Waals surface area contributed by atoms with E-state index in [0.29, 0.717) is 17.8 Å². The molecule has 1 N–H and O–H groups in total. The lowest BCUT2D eigenvalue weighted by Gasteiger charge is -2.27. The van der Waals surface area contributed by atoms with E-state index < -0.39 is 0 Å². The summed E-state index contributed by atoms with van der Waals surface area (Å²) in [7, 11) is 0. The van der Waals surface area contributed by atoms with Gasteiger partial charge in [0.25, 0.3) is 0 Å². The molecule has 206 valence electrons. The van der Waals surface area contributed by atoms with E-state index in [1.807, 2.05) is 32.1 Å². The van der Waals surface area contributed by atoms with E-state index in [1.165, 1.54) is 11.1 Å². The molecule has 0 heterocycles. The van der Waals surface area contributed by atoms with Crippen molar-refractivity contribution in [3.63, 3.8) is 0 Å². The first-order valence-electron chi connectivity index (χ1n) is 14.6. The molecule has 0 amide bonds. The van der Waals surface area contributed by atoms with Crippen molar-refractivity contribution in [3.8, 4) is 0 Å². The van der Waals surface area contributed by atoms with Crippen LogP contribution < -0.4 is 0 Å². The number of aliphatic imine (C=N–C) groups is 1. The molecule has 0 spiro atoms. The third-order valence-electron chi connectivity index (χ3n) is 8.73. The molecular weight excluding hydrogens is 484 g/mol. The second kappa shape index (κ2) is 13.0. The Morgan fingerprint density at radius 2 is 1.73 bits per heavy atom. The summed E-state index contributed by atoms with van der Waals surface area (Å²) in [5.74, 6) is 1.70. The molecule has 0 radical (unpaired) electrons. The Labute approximate surface area is 241 Å². The summed E-state index contributed by atoms with van der Waals surface area (Å²) in [4.78, 5) is 4.75. The second-order valence-electron chi connectivity index (χ2n) is 11.7. The van der Waals surface area contributed by atoms with Crippen LogP contribution in [0.15, 0.2) is 120 Å². The molecule has 2 aromatic rings. The Bertz CT molecular complexity index is 1410. The Balaban J connectivity index is 1.55. The van der Waals surface area contributed by atoms with Crippen LogP contribution in [0.4, 0.5) is 0 Å². The molecule has 2 heteroatoms. The predicted molar refractivity (Wildman–Crippen MR) is 174 cm³/mol. The minimum absolute atomic E-state index is 0.153. The smallest absolute Gasteiger partial charge is 0.148 e. The Morgan fingerprint density at radius 3 is 2.42 bits per heavy atom. The van der Waals surface area contributed by atoms with Crippen molar-refractivity contribution in [3.05, 3.63) is 138 Å². The molecule has 4 rings (SSSR count). The van der Waals surface area contributed by atoms with Crippen LogP contribution in [0.2, 0.25) is 0 Å². The van der Waals surface area contributed by atoms with Crippen LogP contribution in [0.5, 0.6) is 0 Å². The van der Waals surface area contributed by atoms with Crippen LogP contribution in [0.1, 0.15) is 82.1 Å². The van der Waals surface area contributed by atoms with Gasteiger partial charge in [-0.2, -0.15) is 0 Å². The number of nitrogens with zero attached hydrogens (tertiary/aromatic N) is 1. The number of amidine groups is 1. The van der Waals surface area contributed by atoms with Gasteiger partial charge in [0, 0.05) is 11.5 Å². The van der Waals surface area contributed by atoms with E-state index in [4.69, 9.17) is 10.4 Å². The van der Waals surface area contributed by atoms with Crippen molar-refractivity contribution in [1.29, 1.82) is 5.41 Å². The Kier molecular flexibility index (Phi) is 9.53. The average Bonchev–Trinajstić information content (AvgIpc) is 3.17. The molecule has 2 unspecified atom stereocenters. The van der Waals surface area contributed by atoms with Crippen molar-refractivity contribution >= 4 is 17.1 Å². The van der Waals surface area contributed by atoms with Crippen LogP contribution in [-0.2, 0) is 5.41 Å². The Hall–Kier alpha value is -3.78. The van der Waals surface area contributed by atoms with Crippen molar-refractivity contribution < 1.29 is 0 Å². The van der Waals surface area contributed by atoms with E-state index in [1.54, 1.807) is 0 Å². The molecule has 0 saturated heterocycles. The number of hydrogen-bond donors (Lipinski definition) is 1. The first-order valence-corrected chi connectivity index (χ1v) is 14.6. The zero-order chi connectivity index (χ0) is 28.7. The highest BCUT2D eigenvalue weighted by Crippen LogP contribution is 2.50.